The number of azo groups is 1. The maximum atomic E-state index is 10.4. The van der Waals surface area contributed by atoms with Crippen LogP contribution in [0.25, 0.3) is 0 Å². The van der Waals surface area contributed by atoms with Crippen LogP contribution in [0, 0.1) is 11.8 Å². The molecule has 17 heavy (non-hydrogen) atoms. The van der Waals surface area contributed by atoms with E-state index in [0.29, 0.717) is 11.4 Å². The minimum Gasteiger partial charge on any atom is -0.151 e. The van der Waals surface area contributed by atoms with Crippen molar-refractivity contribution in [1.82, 2.24) is 0 Å². The number of hydrogen-bond donors (Lipinski definition) is 0. The highest BCUT2D eigenvalue weighted by molar-refractivity contribution is 5.55. The highest BCUT2D eigenvalue weighted by Crippen LogP contribution is 2.26. The van der Waals surface area contributed by atoms with E-state index in [-0.39, 0.29) is 0 Å². The first-order chi connectivity index (χ1) is 8.29. The Morgan fingerprint density at radius 2 is 1.65 bits per heavy atom. The van der Waals surface area contributed by atoms with Crippen molar-refractivity contribution in [2.24, 2.45) is 15.4 Å². The van der Waals surface area contributed by atoms with Gasteiger partial charge in [-0.25, -0.2) is 0 Å². The molecule has 2 aromatic rings. The van der Waals surface area contributed by atoms with Gasteiger partial charge in [0.1, 0.15) is 5.69 Å². The molecule has 0 saturated heterocycles. The zero-order valence-electron chi connectivity index (χ0n) is 9.37. The molecule has 0 aliphatic rings. The second kappa shape index (κ2) is 5.12. The van der Waals surface area contributed by atoms with Crippen molar-refractivity contribution in [1.29, 1.82) is 0 Å². The molecule has 0 fully saturated rings. The Hall–Kier alpha value is -2.36. The summed E-state index contributed by atoms with van der Waals surface area (Å²) in [6.07, 6.45) is 0. The van der Waals surface area contributed by atoms with Gasteiger partial charge in [0.15, 0.2) is 0 Å². The van der Waals surface area contributed by atoms with Gasteiger partial charge in [-0.1, -0.05) is 24.3 Å². The van der Waals surface area contributed by atoms with E-state index in [9.17, 15) is 4.91 Å². The first-order valence-electron chi connectivity index (χ1n) is 5.20. The second-order valence-corrected chi connectivity index (χ2v) is 3.60. The van der Waals surface area contributed by atoms with Crippen LogP contribution in [0.2, 0.25) is 0 Å². The molecule has 2 aromatic carbocycles. The zero-order chi connectivity index (χ0) is 12.1. The standard InChI is InChI=1S/C13H11N3O/c1-10-7-8-12(16-17)9-13(10)15-14-11-5-3-2-4-6-11/h2-9H,1H3. The summed E-state index contributed by atoms with van der Waals surface area (Å²) in [5, 5.41) is 11.1. The predicted octanol–water partition coefficient (Wildman–Crippen LogP) is 4.81. The molecule has 0 aliphatic carbocycles. The van der Waals surface area contributed by atoms with E-state index in [1.165, 1.54) is 0 Å². The Morgan fingerprint density at radius 1 is 0.882 bits per heavy atom. The summed E-state index contributed by atoms with van der Waals surface area (Å²) < 4.78 is 0. The van der Waals surface area contributed by atoms with Crippen LogP contribution in [0.1, 0.15) is 5.56 Å². The largest absolute Gasteiger partial charge is 0.151 e. The van der Waals surface area contributed by atoms with Crippen LogP contribution < -0.4 is 0 Å². The van der Waals surface area contributed by atoms with E-state index in [2.05, 4.69) is 15.4 Å². The molecule has 0 saturated carbocycles. The summed E-state index contributed by atoms with van der Waals surface area (Å²) in [4.78, 5) is 10.4. The summed E-state index contributed by atoms with van der Waals surface area (Å²) in [5.41, 5.74) is 2.75. The molecular weight excluding hydrogens is 214 g/mol. The Bertz CT molecular complexity index is 550. The highest BCUT2D eigenvalue weighted by atomic mass is 16.3. The van der Waals surface area contributed by atoms with E-state index in [0.717, 1.165) is 11.3 Å². The van der Waals surface area contributed by atoms with Crippen LogP contribution in [0.3, 0.4) is 0 Å². The molecule has 4 nitrogen and oxygen atoms in total. The maximum absolute atomic E-state index is 10.4. The maximum Gasteiger partial charge on any atom is 0.110 e. The lowest BCUT2D eigenvalue weighted by Crippen LogP contribution is -1.73. The number of hydrogen-bond acceptors (Lipinski definition) is 4. The van der Waals surface area contributed by atoms with Crippen LogP contribution in [0.15, 0.2) is 63.9 Å². The fourth-order valence-electron chi connectivity index (χ4n) is 1.37. The summed E-state index contributed by atoms with van der Waals surface area (Å²) in [5.74, 6) is 0. The minimum atomic E-state index is 0.359. The van der Waals surface area contributed by atoms with E-state index < -0.39 is 0 Å². The van der Waals surface area contributed by atoms with E-state index in [1.807, 2.05) is 37.3 Å². The molecule has 84 valence electrons. The van der Waals surface area contributed by atoms with Crippen molar-refractivity contribution in [2.45, 2.75) is 6.92 Å². The third kappa shape index (κ3) is 2.81. The smallest absolute Gasteiger partial charge is 0.110 e. The van der Waals surface area contributed by atoms with Gasteiger partial charge in [-0.2, -0.15) is 10.2 Å². The van der Waals surface area contributed by atoms with Gasteiger partial charge in [-0.05, 0) is 41.9 Å². The van der Waals surface area contributed by atoms with E-state index in [1.54, 1.807) is 18.2 Å². The lowest BCUT2D eigenvalue weighted by Gasteiger charge is -1.98. The second-order valence-electron chi connectivity index (χ2n) is 3.60. The van der Waals surface area contributed by atoms with Crippen LogP contribution in [-0.4, -0.2) is 0 Å². The first-order valence-corrected chi connectivity index (χ1v) is 5.20. The summed E-state index contributed by atoms with van der Waals surface area (Å²) in [7, 11) is 0. The Balaban J connectivity index is 2.29. The van der Waals surface area contributed by atoms with Gasteiger partial charge >= 0.3 is 0 Å². The molecule has 0 amide bonds. The van der Waals surface area contributed by atoms with Crippen LogP contribution in [-0.2, 0) is 0 Å². The number of rotatable bonds is 3. The lowest BCUT2D eigenvalue weighted by atomic mass is 10.2. The van der Waals surface area contributed by atoms with Gasteiger partial charge in [0.05, 0.1) is 11.4 Å². The minimum absolute atomic E-state index is 0.359. The van der Waals surface area contributed by atoms with Crippen molar-refractivity contribution in [2.75, 3.05) is 0 Å². The number of nitroso groups, excluding NO2 is 1. The third-order valence-corrected chi connectivity index (χ3v) is 2.33. The van der Waals surface area contributed by atoms with Crippen LogP contribution in [0.5, 0.6) is 0 Å². The first kappa shape index (κ1) is 11.1. The van der Waals surface area contributed by atoms with Gasteiger partial charge in [0.25, 0.3) is 0 Å². The molecule has 4 heteroatoms. The van der Waals surface area contributed by atoms with Gasteiger partial charge in [0, 0.05) is 0 Å². The fourth-order valence-corrected chi connectivity index (χ4v) is 1.37. The molecule has 0 aliphatic heterocycles. The SMILES string of the molecule is Cc1ccc(N=O)cc1N=Nc1ccccc1. The molecule has 0 aromatic heterocycles. The number of benzene rings is 2. The Kier molecular flexibility index (Phi) is 3.35. The summed E-state index contributed by atoms with van der Waals surface area (Å²) in [6.45, 7) is 1.91. The molecule has 2 rings (SSSR count). The number of nitrogens with zero attached hydrogens (tertiary/aromatic N) is 3. The quantitative estimate of drug-likeness (QED) is 0.546. The van der Waals surface area contributed by atoms with Crippen molar-refractivity contribution >= 4 is 17.1 Å². The molecule has 0 bridgehead atoms. The van der Waals surface area contributed by atoms with Gasteiger partial charge in [0.2, 0.25) is 0 Å². The normalized spacial score (nSPS) is 10.6. The molecule has 0 atom stereocenters. The van der Waals surface area contributed by atoms with Crippen molar-refractivity contribution < 1.29 is 0 Å². The molecule has 0 radical (unpaired) electrons. The molecule has 0 N–H and O–H groups in total. The monoisotopic (exact) mass is 225 g/mol. The predicted molar refractivity (Wildman–Crippen MR) is 67.3 cm³/mol. The lowest BCUT2D eigenvalue weighted by molar-refractivity contribution is 1.21. The average Bonchev–Trinajstić information content (AvgIpc) is 2.39. The van der Waals surface area contributed by atoms with Crippen LogP contribution >= 0.6 is 0 Å². The van der Waals surface area contributed by atoms with Crippen LogP contribution in [0.4, 0.5) is 17.1 Å². The van der Waals surface area contributed by atoms with Crippen molar-refractivity contribution in [3.63, 3.8) is 0 Å². The zero-order valence-corrected chi connectivity index (χ0v) is 9.37. The van der Waals surface area contributed by atoms with E-state index >= 15 is 0 Å². The number of aryl methyl sites for hydroxylation is 1. The molecular formula is C13H11N3O. The summed E-state index contributed by atoms with van der Waals surface area (Å²) >= 11 is 0. The summed E-state index contributed by atoms with van der Waals surface area (Å²) in [6, 6.07) is 14.5. The Morgan fingerprint density at radius 3 is 2.35 bits per heavy atom. The molecule has 0 spiro atoms. The molecule has 0 unspecified atom stereocenters. The van der Waals surface area contributed by atoms with Crippen molar-refractivity contribution in [3.8, 4) is 0 Å². The topological polar surface area (TPSA) is 54.1 Å². The average molecular weight is 225 g/mol. The molecule has 0 heterocycles. The highest BCUT2D eigenvalue weighted by Gasteiger charge is 1.99. The van der Waals surface area contributed by atoms with Gasteiger partial charge in [-0.15, -0.1) is 4.91 Å². The van der Waals surface area contributed by atoms with Gasteiger partial charge in [-0.3, -0.25) is 0 Å². The fraction of sp³-hybridized carbons (Fsp3) is 0.0769. The van der Waals surface area contributed by atoms with E-state index in [4.69, 9.17) is 0 Å². The Labute approximate surface area is 99.0 Å². The van der Waals surface area contributed by atoms with Crippen molar-refractivity contribution in [3.05, 3.63) is 59.0 Å². The van der Waals surface area contributed by atoms with Gasteiger partial charge < -0.3 is 0 Å². The third-order valence-electron chi connectivity index (χ3n) is 2.33.